The molecule has 3 N–H and O–H groups in total. The van der Waals surface area contributed by atoms with Gasteiger partial charge in [0.1, 0.15) is 11.5 Å². The van der Waals surface area contributed by atoms with Crippen LogP contribution in [0.1, 0.15) is 93.1 Å². The van der Waals surface area contributed by atoms with Crippen LogP contribution < -0.4 is 15.8 Å². The number of pyridine rings is 1. The lowest BCUT2D eigenvalue weighted by molar-refractivity contribution is -0.120. The fraction of sp³-hybridized carbons (Fsp3) is 0.630. The third-order valence-corrected chi connectivity index (χ3v) is 8.65. The summed E-state index contributed by atoms with van der Waals surface area (Å²) in [7, 11) is 1.54. The molecule has 9 heteroatoms. The van der Waals surface area contributed by atoms with Crippen molar-refractivity contribution in [2.45, 2.75) is 83.6 Å². The Labute approximate surface area is 221 Å². The average Bonchev–Trinajstić information content (AvgIpc) is 3.33. The number of ether oxygens (including phenoxy) is 1. The number of aromatic nitrogens is 3. The number of carbonyl (C=O) groups is 2. The molecule has 0 saturated heterocycles. The lowest BCUT2D eigenvalue weighted by Crippen LogP contribution is -2.39. The molecule has 2 aromatic rings. The summed E-state index contributed by atoms with van der Waals surface area (Å²) in [6, 6.07) is 3.56. The van der Waals surface area contributed by atoms with E-state index in [1.165, 1.54) is 38.5 Å². The maximum atomic E-state index is 14.2. The Kier molecular flexibility index (Phi) is 9.04. The van der Waals surface area contributed by atoms with E-state index in [-0.39, 0.29) is 11.8 Å². The van der Waals surface area contributed by atoms with Crippen LogP contribution in [-0.2, 0) is 11.3 Å². The van der Waals surface area contributed by atoms with Crippen molar-refractivity contribution in [3.8, 4) is 5.88 Å². The lowest BCUT2D eigenvalue weighted by Gasteiger charge is -2.41. The van der Waals surface area contributed by atoms with Gasteiger partial charge in [-0.1, -0.05) is 64.2 Å². The number of nitrogens with zero attached hydrogens (tertiary/aromatic N) is 3. The highest BCUT2D eigenvalue weighted by atomic mass is 79.9. The number of carbonyl (C=O) groups excluding carboxylic acids is 2. The number of amides is 2. The highest BCUT2D eigenvalue weighted by molar-refractivity contribution is 9.10. The Bertz CT molecular complexity index is 1040. The second-order valence-corrected chi connectivity index (χ2v) is 11.0. The van der Waals surface area contributed by atoms with Gasteiger partial charge in [-0.3, -0.25) is 14.3 Å². The minimum Gasteiger partial charge on any atom is -0.480 e. The molecular formula is C27H38BrN5O3. The Morgan fingerprint density at radius 1 is 1.11 bits per heavy atom. The molecule has 0 aliphatic heterocycles. The number of aryl methyl sites for hydroxylation is 1. The van der Waals surface area contributed by atoms with Crippen LogP contribution >= 0.6 is 15.9 Å². The summed E-state index contributed by atoms with van der Waals surface area (Å²) in [6.07, 6.45) is 13.4. The Morgan fingerprint density at radius 2 is 1.72 bits per heavy atom. The van der Waals surface area contributed by atoms with Gasteiger partial charge in [0.25, 0.3) is 5.91 Å². The zero-order valence-corrected chi connectivity index (χ0v) is 22.9. The lowest BCUT2D eigenvalue weighted by atomic mass is 9.63. The normalized spacial score (nSPS) is 18.2. The number of hydrogen-bond acceptors (Lipinski definition) is 5. The number of rotatable bonds is 9. The van der Waals surface area contributed by atoms with Crippen molar-refractivity contribution >= 4 is 33.6 Å². The van der Waals surface area contributed by atoms with Crippen LogP contribution in [0.25, 0.3) is 0 Å². The van der Waals surface area contributed by atoms with Crippen molar-refractivity contribution in [3.05, 3.63) is 34.1 Å². The summed E-state index contributed by atoms with van der Waals surface area (Å²) in [6.45, 7) is 2.44. The van der Waals surface area contributed by atoms with Gasteiger partial charge in [-0.2, -0.15) is 10.1 Å². The number of nitrogens with one attached hydrogen (secondary N) is 1. The van der Waals surface area contributed by atoms with Crippen LogP contribution in [0.2, 0.25) is 0 Å². The van der Waals surface area contributed by atoms with Gasteiger partial charge >= 0.3 is 0 Å². The predicted octanol–water partition coefficient (Wildman–Crippen LogP) is 5.67. The first-order chi connectivity index (χ1) is 17.4. The molecule has 2 aromatic heterocycles. The van der Waals surface area contributed by atoms with Gasteiger partial charge in [-0.25, -0.2) is 0 Å². The minimum atomic E-state index is -0.545. The Balaban J connectivity index is 1.79. The predicted molar refractivity (Wildman–Crippen MR) is 143 cm³/mol. The van der Waals surface area contributed by atoms with Crippen molar-refractivity contribution in [3.63, 3.8) is 0 Å². The number of primary amides is 1. The summed E-state index contributed by atoms with van der Waals surface area (Å²) in [5.41, 5.74) is 6.86. The van der Waals surface area contributed by atoms with E-state index in [4.69, 9.17) is 10.5 Å². The van der Waals surface area contributed by atoms with Crippen molar-refractivity contribution < 1.29 is 14.3 Å². The monoisotopic (exact) mass is 559 g/mol. The third-order valence-electron chi connectivity index (χ3n) is 8.05. The van der Waals surface area contributed by atoms with E-state index in [0.717, 1.165) is 25.7 Å². The molecule has 2 aliphatic rings. The van der Waals surface area contributed by atoms with Gasteiger partial charge in [0.15, 0.2) is 0 Å². The summed E-state index contributed by atoms with van der Waals surface area (Å²) < 4.78 is 7.67. The molecule has 8 nitrogen and oxygen atoms in total. The van der Waals surface area contributed by atoms with E-state index < -0.39 is 11.8 Å². The molecule has 2 amide bonds. The van der Waals surface area contributed by atoms with E-state index in [1.54, 1.807) is 30.1 Å². The molecule has 4 rings (SSSR count). The molecule has 0 spiro atoms. The summed E-state index contributed by atoms with van der Waals surface area (Å²) in [5.74, 6) is 0.553. The summed E-state index contributed by atoms with van der Waals surface area (Å²) in [4.78, 5) is 31.3. The fourth-order valence-electron chi connectivity index (χ4n) is 6.47. The largest absolute Gasteiger partial charge is 0.480 e. The molecule has 2 saturated carbocycles. The van der Waals surface area contributed by atoms with Crippen LogP contribution in [0, 0.1) is 17.8 Å². The molecule has 196 valence electrons. The molecule has 1 unspecified atom stereocenters. The van der Waals surface area contributed by atoms with Gasteiger partial charge in [0, 0.05) is 12.1 Å². The van der Waals surface area contributed by atoms with Crippen LogP contribution in [0.15, 0.2) is 22.8 Å². The summed E-state index contributed by atoms with van der Waals surface area (Å²) >= 11 is 3.42. The van der Waals surface area contributed by atoms with E-state index in [2.05, 4.69) is 31.3 Å². The number of hydrogen-bond donors (Lipinski definition) is 2. The van der Waals surface area contributed by atoms with E-state index in [1.807, 2.05) is 6.92 Å². The van der Waals surface area contributed by atoms with Gasteiger partial charge in [0.05, 0.1) is 23.7 Å². The fourth-order valence-corrected chi connectivity index (χ4v) is 6.85. The van der Waals surface area contributed by atoms with Gasteiger partial charge in [-0.15, -0.1) is 0 Å². The zero-order valence-electron chi connectivity index (χ0n) is 21.3. The smallest absolute Gasteiger partial charge is 0.267 e. The molecular weight excluding hydrogens is 522 g/mol. The molecule has 0 bridgehead atoms. The topological polar surface area (TPSA) is 112 Å². The number of nitrogens with two attached hydrogens (primary N) is 1. The Morgan fingerprint density at radius 3 is 2.25 bits per heavy atom. The highest BCUT2D eigenvalue weighted by Gasteiger charge is 2.43. The first kappa shape index (κ1) is 26.6. The first-order valence-corrected chi connectivity index (χ1v) is 14.1. The second kappa shape index (κ2) is 12.2. The van der Waals surface area contributed by atoms with Crippen LogP contribution in [-0.4, -0.2) is 33.7 Å². The standard InChI is InChI=1S/C27H38BrN5O3/c1-3-33-24(25(29)34)19(16-30-33)23(26(35)31-21-15-14-20(28)27(32-21)36-2)22(17-10-6-4-7-11-17)18-12-8-5-9-13-18/h14-18,22-23H,3-13H2,1-2H3,(H2,29,34)(H,31,32,35). The highest BCUT2D eigenvalue weighted by Crippen LogP contribution is 2.48. The maximum Gasteiger partial charge on any atom is 0.267 e. The van der Waals surface area contributed by atoms with Crippen molar-refractivity contribution in [1.82, 2.24) is 14.8 Å². The molecule has 1 atom stereocenters. The van der Waals surface area contributed by atoms with Crippen LogP contribution in [0.5, 0.6) is 5.88 Å². The zero-order chi connectivity index (χ0) is 25.7. The minimum absolute atomic E-state index is 0.121. The molecule has 36 heavy (non-hydrogen) atoms. The third kappa shape index (κ3) is 5.76. The van der Waals surface area contributed by atoms with Gasteiger partial charge in [-0.05, 0) is 52.7 Å². The van der Waals surface area contributed by atoms with Crippen LogP contribution in [0.3, 0.4) is 0 Å². The number of halogens is 1. The molecule has 2 heterocycles. The average molecular weight is 561 g/mol. The Hall–Kier alpha value is -2.42. The summed E-state index contributed by atoms with van der Waals surface area (Å²) in [5, 5.41) is 7.53. The van der Waals surface area contributed by atoms with E-state index in [0.29, 0.717) is 45.8 Å². The number of anilines is 1. The van der Waals surface area contributed by atoms with E-state index >= 15 is 0 Å². The van der Waals surface area contributed by atoms with Crippen molar-refractivity contribution in [2.24, 2.45) is 23.5 Å². The van der Waals surface area contributed by atoms with Crippen molar-refractivity contribution in [2.75, 3.05) is 12.4 Å². The maximum absolute atomic E-state index is 14.2. The van der Waals surface area contributed by atoms with Crippen LogP contribution in [0.4, 0.5) is 5.82 Å². The second-order valence-electron chi connectivity index (χ2n) is 10.2. The molecule has 2 fully saturated rings. The molecule has 2 aliphatic carbocycles. The van der Waals surface area contributed by atoms with Gasteiger partial charge < -0.3 is 15.8 Å². The van der Waals surface area contributed by atoms with E-state index in [9.17, 15) is 9.59 Å². The molecule has 0 radical (unpaired) electrons. The first-order valence-electron chi connectivity index (χ1n) is 13.3. The molecule has 0 aromatic carbocycles. The number of methoxy groups -OCH3 is 1. The quantitative estimate of drug-likeness (QED) is 0.411. The SMILES string of the molecule is CCn1ncc(C(C(=O)Nc2ccc(Br)c(OC)n2)C(C2CCCCC2)C2CCCCC2)c1C(N)=O. The van der Waals surface area contributed by atoms with Gasteiger partial charge in [0.2, 0.25) is 11.8 Å². The van der Waals surface area contributed by atoms with Crippen molar-refractivity contribution in [1.29, 1.82) is 0 Å².